The molecular weight excluding hydrogens is 306 g/mol. The lowest BCUT2D eigenvalue weighted by Crippen LogP contribution is -2.33. The lowest BCUT2D eigenvalue weighted by atomic mass is 10.00. The highest BCUT2D eigenvalue weighted by Crippen LogP contribution is 2.31. The second-order valence-electron chi connectivity index (χ2n) is 5.16. The fourth-order valence-electron chi connectivity index (χ4n) is 2.36. The van der Waals surface area contributed by atoms with Crippen LogP contribution in [0.15, 0.2) is 73.0 Å². The minimum atomic E-state index is -0.844. The Morgan fingerprint density at radius 3 is 2.75 bits per heavy atom. The van der Waals surface area contributed by atoms with E-state index in [0.717, 1.165) is 0 Å². The van der Waals surface area contributed by atoms with Crippen LogP contribution in [0.4, 0.5) is 5.69 Å². The maximum atomic E-state index is 12.7. The quantitative estimate of drug-likeness (QED) is 0.501. The molecule has 0 radical (unpaired) electrons. The van der Waals surface area contributed by atoms with Gasteiger partial charge in [0.05, 0.1) is 23.4 Å². The summed E-state index contributed by atoms with van der Waals surface area (Å²) in [5, 5.41) is 12.8. The summed E-state index contributed by atoms with van der Waals surface area (Å²) in [6, 6.07) is 13.8. The Morgan fingerprint density at radius 2 is 1.96 bits per heavy atom. The Hall–Kier alpha value is -3.05. The second kappa shape index (κ2) is 7.02. The molecule has 0 unspecified atom stereocenters. The number of anilines is 1. The van der Waals surface area contributed by atoms with Crippen LogP contribution in [0.1, 0.15) is 10.4 Å². The predicted octanol–water partition coefficient (Wildman–Crippen LogP) is 3.49. The highest BCUT2D eigenvalue weighted by molar-refractivity contribution is 6.12. The van der Waals surface area contributed by atoms with Gasteiger partial charge >= 0.3 is 0 Å². The fraction of sp³-hybridized carbons (Fsp3) is 0.105. The number of hydrogen-bond donors (Lipinski definition) is 2. The van der Waals surface area contributed by atoms with Crippen molar-refractivity contribution in [3.8, 4) is 11.5 Å². The maximum Gasteiger partial charge on any atom is 0.232 e. The summed E-state index contributed by atoms with van der Waals surface area (Å²) in [7, 11) is 0. The summed E-state index contributed by atoms with van der Waals surface area (Å²) in [5.74, 6) is 0.382. The van der Waals surface area contributed by atoms with Crippen molar-refractivity contribution >= 4 is 11.5 Å². The largest absolute Gasteiger partial charge is 0.506 e. The first-order chi connectivity index (χ1) is 11.7. The summed E-state index contributed by atoms with van der Waals surface area (Å²) >= 11 is 0. The number of para-hydroxylation sites is 3. The molecule has 2 aromatic rings. The first kappa shape index (κ1) is 15.8. The average molecular weight is 323 g/mol. The van der Waals surface area contributed by atoms with Crippen LogP contribution in [-0.4, -0.2) is 23.8 Å². The van der Waals surface area contributed by atoms with Gasteiger partial charge in [-0.15, -0.1) is 6.58 Å². The van der Waals surface area contributed by atoms with E-state index in [-0.39, 0.29) is 18.1 Å². The van der Waals surface area contributed by atoms with Crippen LogP contribution in [0.25, 0.3) is 0 Å². The average Bonchev–Trinajstić information content (AvgIpc) is 2.60. The van der Waals surface area contributed by atoms with Gasteiger partial charge in [-0.2, -0.15) is 0 Å². The van der Waals surface area contributed by atoms with Gasteiger partial charge in [0.1, 0.15) is 11.5 Å². The molecule has 1 heterocycles. The van der Waals surface area contributed by atoms with Gasteiger partial charge in [0.15, 0.2) is 5.78 Å². The molecule has 0 aliphatic carbocycles. The number of phenolic OH excluding ortho intramolecular Hbond substituents is 1. The molecule has 1 atom stereocenters. The van der Waals surface area contributed by atoms with Gasteiger partial charge in [-0.3, -0.25) is 4.79 Å². The van der Waals surface area contributed by atoms with Gasteiger partial charge in [0, 0.05) is 6.20 Å². The van der Waals surface area contributed by atoms with Crippen molar-refractivity contribution in [2.24, 2.45) is 0 Å². The molecule has 0 spiro atoms. The van der Waals surface area contributed by atoms with Crippen molar-refractivity contribution in [3.63, 3.8) is 0 Å². The van der Waals surface area contributed by atoms with Gasteiger partial charge in [-0.25, -0.2) is 0 Å². The van der Waals surface area contributed by atoms with Crippen LogP contribution in [0.5, 0.6) is 11.5 Å². The number of aromatic hydroxyl groups is 1. The highest BCUT2D eigenvalue weighted by Gasteiger charge is 2.32. The Bertz CT molecular complexity index is 797. The van der Waals surface area contributed by atoms with Gasteiger partial charge in [-0.05, 0) is 24.3 Å². The molecular formula is C19H17NO4. The molecule has 2 N–H and O–H groups in total. The minimum absolute atomic E-state index is 0.0856. The molecule has 1 aliphatic heterocycles. The van der Waals surface area contributed by atoms with Gasteiger partial charge in [-0.1, -0.05) is 30.3 Å². The molecule has 1 aliphatic rings. The zero-order valence-corrected chi connectivity index (χ0v) is 12.9. The number of hydrogen-bond acceptors (Lipinski definition) is 5. The standard InChI is InChI=1S/C19H17NO4/c1-2-11-23-19-14(12-20-15-8-4-5-9-16(15)21)18(22)13-7-3-6-10-17(13)24-19/h2-10,12,19-21H,1,11H2/b14-12-/t19-/m1/s1. The van der Waals surface area contributed by atoms with Gasteiger partial charge < -0.3 is 19.9 Å². The molecule has 0 saturated heterocycles. The Balaban J connectivity index is 1.92. The first-order valence-electron chi connectivity index (χ1n) is 7.48. The van der Waals surface area contributed by atoms with Crippen molar-refractivity contribution in [2.45, 2.75) is 6.29 Å². The van der Waals surface area contributed by atoms with Gasteiger partial charge in [0.2, 0.25) is 6.29 Å². The Labute approximate surface area is 139 Å². The number of carbonyl (C=O) groups is 1. The SMILES string of the molecule is C=CCO[C@@H]1Oc2ccccc2C(=O)/C1=C/Nc1ccccc1O. The monoisotopic (exact) mass is 323 g/mol. The summed E-state index contributed by atoms with van der Waals surface area (Å²) in [6.07, 6.45) is 2.24. The van der Waals surface area contributed by atoms with E-state index in [1.807, 2.05) is 0 Å². The molecule has 0 aromatic heterocycles. The highest BCUT2D eigenvalue weighted by atomic mass is 16.7. The fourth-order valence-corrected chi connectivity index (χ4v) is 2.36. The van der Waals surface area contributed by atoms with Crippen molar-refractivity contribution in [2.75, 3.05) is 11.9 Å². The van der Waals surface area contributed by atoms with E-state index >= 15 is 0 Å². The van der Waals surface area contributed by atoms with Crippen molar-refractivity contribution in [1.29, 1.82) is 0 Å². The summed E-state index contributed by atoms with van der Waals surface area (Å²) < 4.78 is 11.3. The maximum absolute atomic E-state index is 12.7. The third-order valence-electron chi connectivity index (χ3n) is 3.53. The lowest BCUT2D eigenvalue weighted by Gasteiger charge is -2.27. The van der Waals surface area contributed by atoms with Crippen LogP contribution < -0.4 is 10.1 Å². The normalized spacial score (nSPS) is 17.9. The number of fused-ring (bicyclic) bond motifs is 1. The third-order valence-corrected chi connectivity index (χ3v) is 3.53. The number of nitrogens with one attached hydrogen (secondary N) is 1. The van der Waals surface area contributed by atoms with E-state index in [1.54, 1.807) is 54.6 Å². The lowest BCUT2D eigenvalue weighted by molar-refractivity contribution is -0.0444. The molecule has 0 saturated carbocycles. The molecule has 0 amide bonds. The molecule has 0 fully saturated rings. The molecule has 122 valence electrons. The zero-order chi connectivity index (χ0) is 16.9. The molecule has 2 aromatic carbocycles. The van der Waals surface area contributed by atoms with E-state index in [9.17, 15) is 9.90 Å². The summed E-state index contributed by atoms with van der Waals surface area (Å²) in [4.78, 5) is 12.7. The zero-order valence-electron chi connectivity index (χ0n) is 12.9. The number of Topliss-reactive ketones (excluding diaryl/α,β-unsaturated/α-hetero) is 1. The van der Waals surface area contributed by atoms with Crippen LogP contribution in [0.2, 0.25) is 0 Å². The molecule has 0 bridgehead atoms. The number of ketones is 1. The van der Waals surface area contributed by atoms with Crippen molar-refractivity contribution < 1.29 is 19.4 Å². The molecule has 5 heteroatoms. The molecule has 5 nitrogen and oxygen atoms in total. The second-order valence-corrected chi connectivity index (χ2v) is 5.16. The molecule has 3 rings (SSSR count). The van der Waals surface area contributed by atoms with E-state index in [1.165, 1.54) is 6.20 Å². The first-order valence-corrected chi connectivity index (χ1v) is 7.48. The number of phenols is 1. The van der Waals surface area contributed by atoms with E-state index in [0.29, 0.717) is 22.6 Å². The van der Waals surface area contributed by atoms with Gasteiger partial charge in [0.25, 0.3) is 0 Å². The summed E-state index contributed by atoms with van der Waals surface area (Å²) in [5.41, 5.74) is 1.28. The van der Waals surface area contributed by atoms with E-state index in [4.69, 9.17) is 9.47 Å². The van der Waals surface area contributed by atoms with Crippen LogP contribution in [0, 0.1) is 0 Å². The van der Waals surface area contributed by atoms with Crippen LogP contribution in [0.3, 0.4) is 0 Å². The minimum Gasteiger partial charge on any atom is -0.506 e. The predicted molar refractivity (Wildman–Crippen MR) is 91.2 cm³/mol. The number of carbonyl (C=O) groups excluding carboxylic acids is 1. The Morgan fingerprint density at radius 1 is 1.21 bits per heavy atom. The van der Waals surface area contributed by atoms with Crippen LogP contribution in [-0.2, 0) is 4.74 Å². The van der Waals surface area contributed by atoms with Crippen molar-refractivity contribution in [1.82, 2.24) is 0 Å². The number of ether oxygens (including phenoxy) is 2. The topological polar surface area (TPSA) is 67.8 Å². The van der Waals surface area contributed by atoms with Crippen LogP contribution >= 0.6 is 0 Å². The Kier molecular flexibility index (Phi) is 4.63. The smallest absolute Gasteiger partial charge is 0.232 e. The van der Waals surface area contributed by atoms with E-state index < -0.39 is 6.29 Å². The van der Waals surface area contributed by atoms with E-state index in [2.05, 4.69) is 11.9 Å². The van der Waals surface area contributed by atoms with Crippen molar-refractivity contribution in [3.05, 3.63) is 78.5 Å². The number of rotatable bonds is 5. The summed E-state index contributed by atoms with van der Waals surface area (Å²) in [6.45, 7) is 3.85. The molecule has 24 heavy (non-hydrogen) atoms. The third kappa shape index (κ3) is 3.16. The number of benzene rings is 2.